The van der Waals surface area contributed by atoms with Crippen LogP contribution in [-0.2, 0) is 19.1 Å². The summed E-state index contributed by atoms with van der Waals surface area (Å²) in [6, 6.07) is 3.23. The summed E-state index contributed by atoms with van der Waals surface area (Å²) in [5.74, 6) is -3.83. The minimum Gasteiger partial charge on any atom is -0.423 e. The smallest absolute Gasteiger partial charge is 0.423 e. The van der Waals surface area contributed by atoms with E-state index in [0.717, 1.165) is 18.3 Å². The van der Waals surface area contributed by atoms with E-state index < -0.39 is 36.2 Å². The Morgan fingerprint density at radius 2 is 1.77 bits per heavy atom. The highest BCUT2D eigenvalue weighted by atomic mass is 19.1. The normalized spacial score (nSPS) is 16.7. The lowest BCUT2D eigenvalue weighted by molar-refractivity contribution is -0.222. The Morgan fingerprint density at radius 3 is 2.32 bits per heavy atom. The fourth-order valence-electron chi connectivity index (χ4n) is 1.78. The van der Waals surface area contributed by atoms with Gasteiger partial charge in [0.05, 0.1) is 0 Å². The molecule has 2 rings (SSSR count). The van der Waals surface area contributed by atoms with Gasteiger partial charge in [-0.3, -0.25) is 0 Å². The molecular formula is C13H13BFNO6. The Hall–Kier alpha value is -2.39. The van der Waals surface area contributed by atoms with Gasteiger partial charge in [0.1, 0.15) is 5.82 Å². The van der Waals surface area contributed by atoms with Crippen molar-refractivity contribution in [2.45, 2.75) is 19.6 Å². The fourth-order valence-corrected chi connectivity index (χ4v) is 1.78. The predicted octanol–water partition coefficient (Wildman–Crippen LogP) is -0.363. The second-order valence-corrected chi connectivity index (χ2v) is 5.03. The number of halogens is 1. The van der Waals surface area contributed by atoms with Crippen molar-refractivity contribution in [2.24, 2.45) is 0 Å². The Balaban J connectivity index is 2.21. The third kappa shape index (κ3) is 3.63. The highest BCUT2D eigenvalue weighted by Crippen LogP contribution is 2.22. The first-order chi connectivity index (χ1) is 10.2. The van der Waals surface area contributed by atoms with E-state index in [-0.39, 0.29) is 11.2 Å². The molecule has 3 N–H and O–H groups in total. The van der Waals surface area contributed by atoms with Gasteiger partial charge in [0.15, 0.2) is 5.57 Å². The van der Waals surface area contributed by atoms with Crippen LogP contribution in [0.3, 0.4) is 0 Å². The lowest BCUT2D eigenvalue weighted by atomic mass is 9.80. The zero-order valence-corrected chi connectivity index (χ0v) is 11.8. The molecule has 1 fully saturated rings. The summed E-state index contributed by atoms with van der Waals surface area (Å²) in [7, 11) is -1.85. The summed E-state index contributed by atoms with van der Waals surface area (Å²) in [6.45, 7) is 2.82. The van der Waals surface area contributed by atoms with Crippen LogP contribution in [0.1, 0.15) is 13.8 Å². The molecule has 0 amide bonds. The summed E-state index contributed by atoms with van der Waals surface area (Å²) in [6.07, 6.45) is 1.00. The zero-order chi connectivity index (χ0) is 16.5. The maximum atomic E-state index is 13.3. The molecule has 1 aromatic rings. The first-order valence-corrected chi connectivity index (χ1v) is 6.28. The average Bonchev–Trinajstić information content (AvgIpc) is 2.35. The van der Waals surface area contributed by atoms with E-state index in [1.807, 2.05) is 0 Å². The van der Waals surface area contributed by atoms with Gasteiger partial charge in [-0.25, -0.2) is 14.0 Å². The maximum absolute atomic E-state index is 13.3. The topological polar surface area (TPSA) is 105 Å². The molecular weight excluding hydrogens is 296 g/mol. The van der Waals surface area contributed by atoms with Crippen LogP contribution >= 0.6 is 0 Å². The largest absolute Gasteiger partial charge is 0.488 e. The van der Waals surface area contributed by atoms with Crippen LogP contribution < -0.4 is 10.8 Å². The van der Waals surface area contributed by atoms with Gasteiger partial charge < -0.3 is 24.8 Å². The van der Waals surface area contributed by atoms with E-state index in [1.54, 1.807) is 0 Å². The first kappa shape index (κ1) is 16.0. The number of carbonyl (C=O) groups excluding carboxylic acids is 2. The molecule has 1 aliphatic rings. The van der Waals surface area contributed by atoms with Gasteiger partial charge in [0.25, 0.3) is 5.79 Å². The number of hydrogen-bond donors (Lipinski definition) is 3. The van der Waals surface area contributed by atoms with Crippen molar-refractivity contribution in [1.29, 1.82) is 0 Å². The van der Waals surface area contributed by atoms with Crippen molar-refractivity contribution in [3.05, 3.63) is 35.8 Å². The van der Waals surface area contributed by atoms with Gasteiger partial charge in [-0.15, -0.1) is 0 Å². The number of nitrogens with one attached hydrogen (secondary N) is 1. The van der Waals surface area contributed by atoms with Crippen LogP contribution in [0, 0.1) is 5.82 Å². The van der Waals surface area contributed by atoms with Crippen molar-refractivity contribution in [1.82, 2.24) is 0 Å². The highest BCUT2D eigenvalue weighted by molar-refractivity contribution is 6.58. The Morgan fingerprint density at radius 1 is 1.18 bits per heavy atom. The zero-order valence-electron chi connectivity index (χ0n) is 11.8. The van der Waals surface area contributed by atoms with E-state index in [0.29, 0.717) is 0 Å². The molecule has 0 spiro atoms. The number of anilines is 1. The summed E-state index contributed by atoms with van der Waals surface area (Å²) in [5.41, 5.74) is -0.369. The maximum Gasteiger partial charge on any atom is 0.488 e. The van der Waals surface area contributed by atoms with Crippen molar-refractivity contribution in [3.8, 4) is 0 Å². The lowest BCUT2D eigenvalue weighted by Crippen LogP contribution is -2.42. The van der Waals surface area contributed by atoms with Crippen LogP contribution in [0.2, 0.25) is 0 Å². The molecule has 22 heavy (non-hydrogen) atoms. The van der Waals surface area contributed by atoms with Gasteiger partial charge in [-0.2, -0.15) is 0 Å². The Kier molecular flexibility index (Phi) is 4.20. The van der Waals surface area contributed by atoms with Crippen LogP contribution in [0.25, 0.3) is 0 Å². The second kappa shape index (κ2) is 5.78. The molecule has 0 saturated carbocycles. The number of ether oxygens (including phenoxy) is 2. The standard InChI is InChI=1S/C13H13BFNO6/c1-13(2)21-11(17)10(12(18)22-13)6-16-9-4-7(14(19)20)3-8(15)5-9/h3-6,16,19-20H,1-2H3. The minimum absolute atomic E-state index is 0.0872. The predicted molar refractivity (Wildman–Crippen MR) is 74.2 cm³/mol. The molecule has 0 aliphatic carbocycles. The Labute approximate surface area is 125 Å². The Bertz CT molecular complexity index is 636. The molecule has 7 nitrogen and oxygen atoms in total. The number of rotatable bonds is 3. The molecule has 0 atom stereocenters. The summed E-state index contributed by atoms with van der Waals surface area (Å²) >= 11 is 0. The van der Waals surface area contributed by atoms with Crippen LogP contribution in [-0.4, -0.2) is 34.9 Å². The van der Waals surface area contributed by atoms with E-state index in [1.165, 1.54) is 19.9 Å². The number of carbonyl (C=O) groups is 2. The summed E-state index contributed by atoms with van der Waals surface area (Å²) in [4.78, 5) is 23.4. The molecule has 116 valence electrons. The van der Waals surface area contributed by atoms with E-state index in [2.05, 4.69) is 5.32 Å². The van der Waals surface area contributed by atoms with Gasteiger partial charge in [-0.05, 0) is 23.7 Å². The minimum atomic E-state index is -1.85. The average molecular weight is 309 g/mol. The molecule has 0 bridgehead atoms. The van der Waals surface area contributed by atoms with Gasteiger partial charge in [0, 0.05) is 25.7 Å². The quantitative estimate of drug-likeness (QED) is 0.303. The molecule has 0 radical (unpaired) electrons. The van der Waals surface area contributed by atoms with Crippen molar-refractivity contribution >= 4 is 30.2 Å². The fraction of sp³-hybridized carbons (Fsp3) is 0.231. The molecule has 1 saturated heterocycles. The molecule has 0 aromatic heterocycles. The molecule has 9 heteroatoms. The number of esters is 2. The van der Waals surface area contributed by atoms with E-state index >= 15 is 0 Å². The monoisotopic (exact) mass is 309 g/mol. The molecule has 1 heterocycles. The molecule has 1 aromatic carbocycles. The number of cyclic esters (lactones) is 2. The van der Waals surface area contributed by atoms with Gasteiger partial charge in [-0.1, -0.05) is 0 Å². The van der Waals surface area contributed by atoms with Gasteiger partial charge >= 0.3 is 19.1 Å². The van der Waals surface area contributed by atoms with Gasteiger partial charge in [0.2, 0.25) is 0 Å². The van der Waals surface area contributed by atoms with E-state index in [9.17, 15) is 14.0 Å². The van der Waals surface area contributed by atoms with Crippen molar-refractivity contribution in [3.63, 3.8) is 0 Å². The number of hydrogen-bond acceptors (Lipinski definition) is 7. The van der Waals surface area contributed by atoms with E-state index in [4.69, 9.17) is 19.5 Å². The second-order valence-electron chi connectivity index (χ2n) is 5.03. The number of benzene rings is 1. The highest BCUT2D eigenvalue weighted by Gasteiger charge is 2.38. The van der Waals surface area contributed by atoms with Crippen LogP contribution in [0.15, 0.2) is 30.0 Å². The van der Waals surface area contributed by atoms with Crippen molar-refractivity contribution < 1.29 is 33.5 Å². The van der Waals surface area contributed by atoms with Crippen LogP contribution in [0.4, 0.5) is 10.1 Å². The molecule has 0 unspecified atom stereocenters. The van der Waals surface area contributed by atoms with Crippen LogP contribution in [0.5, 0.6) is 0 Å². The SMILES string of the molecule is CC1(C)OC(=O)C(=CNc2cc(F)cc(B(O)O)c2)C(=O)O1. The van der Waals surface area contributed by atoms with Crippen molar-refractivity contribution in [2.75, 3.05) is 5.32 Å². The third-order valence-electron chi connectivity index (χ3n) is 2.72. The summed E-state index contributed by atoms with van der Waals surface area (Å²) < 4.78 is 23.1. The summed E-state index contributed by atoms with van der Waals surface area (Å²) in [5, 5.41) is 20.6. The first-order valence-electron chi connectivity index (χ1n) is 6.28. The lowest BCUT2D eigenvalue weighted by Gasteiger charge is -2.29. The molecule has 1 aliphatic heterocycles. The third-order valence-corrected chi connectivity index (χ3v) is 2.72.